The first-order valence-electron chi connectivity index (χ1n) is 6.96. The number of carbonyl (C=O) groups is 1. The number of hydrogen-bond acceptors (Lipinski definition) is 3. The maximum Gasteiger partial charge on any atom is 0.165 e. The molecule has 2 rings (SSSR count). The Hall–Kier alpha value is -1.35. The molecule has 1 aromatic carbocycles. The van der Waals surface area contributed by atoms with Crippen LogP contribution in [0.1, 0.15) is 32.3 Å². The molecule has 0 spiro atoms. The molecule has 19 heavy (non-hydrogen) atoms. The van der Waals surface area contributed by atoms with Gasteiger partial charge in [-0.1, -0.05) is 18.2 Å². The zero-order valence-corrected chi connectivity index (χ0v) is 12.1. The molecule has 0 atom stereocenters. The van der Waals surface area contributed by atoms with E-state index in [0.29, 0.717) is 6.42 Å². The molecule has 0 aliphatic carbocycles. The van der Waals surface area contributed by atoms with Crippen molar-refractivity contribution in [3.8, 4) is 0 Å². The summed E-state index contributed by atoms with van der Waals surface area (Å²) in [6.45, 7) is 5.49. The molecule has 0 aromatic heterocycles. The lowest BCUT2D eigenvalue weighted by atomic mass is 9.98. The van der Waals surface area contributed by atoms with E-state index in [-0.39, 0.29) is 5.78 Å². The van der Waals surface area contributed by atoms with E-state index >= 15 is 0 Å². The standard InChI is InChI=1S/C16H23NO2/c1-16(2,19-3)15(18)10-12-17-11-6-8-13-7-4-5-9-14(13)17/h4-5,7,9H,6,8,10-12H2,1-3H3. The number of nitrogens with zero attached hydrogens (tertiary/aromatic N) is 1. The Labute approximate surface area is 115 Å². The molecule has 3 heteroatoms. The van der Waals surface area contributed by atoms with E-state index < -0.39 is 5.60 Å². The van der Waals surface area contributed by atoms with Crippen molar-refractivity contribution in [2.45, 2.75) is 38.7 Å². The van der Waals surface area contributed by atoms with Crippen molar-refractivity contribution in [3.05, 3.63) is 29.8 Å². The first kappa shape index (κ1) is 14.1. The summed E-state index contributed by atoms with van der Waals surface area (Å²) in [5.74, 6) is 0.165. The molecule has 1 aromatic rings. The van der Waals surface area contributed by atoms with Crippen LogP contribution in [-0.2, 0) is 16.0 Å². The molecule has 0 unspecified atom stereocenters. The molecule has 0 saturated carbocycles. The van der Waals surface area contributed by atoms with Crippen molar-refractivity contribution >= 4 is 11.5 Å². The number of hydrogen-bond donors (Lipinski definition) is 0. The third kappa shape index (κ3) is 3.16. The molecule has 0 saturated heterocycles. The number of para-hydroxylation sites is 1. The minimum atomic E-state index is -0.671. The van der Waals surface area contributed by atoms with Gasteiger partial charge in [0.15, 0.2) is 5.78 Å². The van der Waals surface area contributed by atoms with Gasteiger partial charge in [-0.3, -0.25) is 4.79 Å². The lowest BCUT2D eigenvalue weighted by Crippen LogP contribution is -2.38. The topological polar surface area (TPSA) is 29.5 Å². The van der Waals surface area contributed by atoms with Crippen LogP contribution in [-0.4, -0.2) is 31.6 Å². The summed E-state index contributed by atoms with van der Waals surface area (Å²) in [6.07, 6.45) is 2.85. The second-order valence-electron chi connectivity index (χ2n) is 5.61. The minimum Gasteiger partial charge on any atom is -0.371 e. The molecular weight excluding hydrogens is 238 g/mol. The van der Waals surface area contributed by atoms with Crippen LogP contribution < -0.4 is 4.90 Å². The highest BCUT2D eigenvalue weighted by Crippen LogP contribution is 2.27. The normalized spacial score (nSPS) is 15.2. The Morgan fingerprint density at radius 2 is 2.11 bits per heavy atom. The number of fused-ring (bicyclic) bond motifs is 1. The van der Waals surface area contributed by atoms with E-state index in [0.717, 1.165) is 19.5 Å². The summed E-state index contributed by atoms with van der Waals surface area (Å²) in [4.78, 5) is 14.4. The minimum absolute atomic E-state index is 0.165. The summed E-state index contributed by atoms with van der Waals surface area (Å²) in [5.41, 5.74) is 2.01. The van der Waals surface area contributed by atoms with Gasteiger partial charge >= 0.3 is 0 Å². The molecule has 1 heterocycles. The zero-order valence-electron chi connectivity index (χ0n) is 12.1. The van der Waals surface area contributed by atoms with Gasteiger partial charge in [0, 0.05) is 32.3 Å². The average molecular weight is 261 g/mol. The number of benzene rings is 1. The van der Waals surface area contributed by atoms with Crippen LogP contribution in [0, 0.1) is 0 Å². The maximum absolute atomic E-state index is 12.1. The van der Waals surface area contributed by atoms with E-state index in [9.17, 15) is 4.79 Å². The molecule has 0 radical (unpaired) electrons. The van der Waals surface area contributed by atoms with Gasteiger partial charge in [0.1, 0.15) is 5.60 Å². The summed E-state index contributed by atoms with van der Waals surface area (Å²) in [5, 5.41) is 0. The van der Waals surface area contributed by atoms with Crippen molar-refractivity contribution in [2.24, 2.45) is 0 Å². The second kappa shape index (κ2) is 5.74. The summed E-state index contributed by atoms with van der Waals surface area (Å²) in [6, 6.07) is 8.49. The number of carbonyl (C=O) groups excluding carboxylic acids is 1. The Kier molecular flexibility index (Phi) is 4.25. The molecule has 0 fully saturated rings. The predicted molar refractivity (Wildman–Crippen MR) is 77.7 cm³/mol. The maximum atomic E-state index is 12.1. The number of ether oxygens (including phenoxy) is 1. The smallest absolute Gasteiger partial charge is 0.165 e. The Morgan fingerprint density at radius 3 is 2.84 bits per heavy atom. The van der Waals surface area contributed by atoms with Gasteiger partial charge in [-0.15, -0.1) is 0 Å². The van der Waals surface area contributed by atoms with Crippen LogP contribution in [0.15, 0.2) is 24.3 Å². The van der Waals surface area contributed by atoms with Crippen molar-refractivity contribution < 1.29 is 9.53 Å². The number of ketones is 1. The van der Waals surface area contributed by atoms with Crippen LogP contribution in [0.25, 0.3) is 0 Å². The Balaban J connectivity index is 2.00. The second-order valence-corrected chi connectivity index (χ2v) is 5.61. The van der Waals surface area contributed by atoms with Crippen LogP contribution in [0.3, 0.4) is 0 Å². The third-order valence-electron chi connectivity index (χ3n) is 4.00. The van der Waals surface area contributed by atoms with Crippen LogP contribution >= 0.6 is 0 Å². The first-order chi connectivity index (χ1) is 9.04. The zero-order chi connectivity index (χ0) is 13.9. The average Bonchev–Trinajstić information content (AvgIpc) is 2.44. The molecule has 3 nitrogen and oxygen atoms in total. The van der Waals surface area contributed by atoms with Gasteiger partial charge < -0.3 is 9.64 Å². The van der Waals surface area contributed by atoms with Gasteiger partial charge in [0.25, 0.3) is 0 Å². The molecule has 0 amide bonds. The molecule has 0 bridgehead atoms. The number of rotatable bonds is 5. The largest absolute Gasteiger partial charge is 0.371 e. The number of methoxy groups -OCH3 is 1. The Bertz CT molecular complexity index is 454. The fourth-order valence-electron chi connectivity index (χ4n) is 2.50. The summed E-state index contributed by atoms with van der Waals surface area (Å²) in [7, 11) is 1.59. The highest BCUT2D eigenvalue weighted by molar-refractivity contribution is 5.87. The number of anilines is 1. The quantitative estimate of drug-likeness (QED) is 0.816. The first-order valence-corrected chi connectivity index (χ1v) is 6.96. The number of Topliss-reactive ketones (excluding diaryl/α,β-unsaturated/α-hetero) is 1. The van der Waals surface area contributed by atoms with Gasteiger partial charge in [-0.05, 0) is 38.3 Å². The van der Waals surface area contributed by atoms with Gasteiger partial charge in [0.05, 0.1) is 0 Å². The lowest BCUT2D eigenvalue weighted by Gasteiger charge is -2.32. The fraction of sp³-hybridized carbons (Fsp3) is 0.562. The predicted octanol–water partition coefficient (Wildman–Crippen LogP) is 2.82. The highest BCUT2D eigenvalue weighted by Gasteiger charge is 2.27. The summed E-state index contributed by atoms with van der Waals surface area (Å²) < 4.78 is 5.24. The van der Waals surface area contributed by atoms with Crippen molar-refractivity contribution in [1.82, 2.24) is 0 Å². The van der Waals surface area contributed by atoms with E-state index in [1.165, 1.54) is 17.7 Å². The van der Waals surface area contributed by atoms with Crippen LogP contribution in [0.4, 0.5) is 5.69 Å². The van der Waals surface area contributed by atoms with E-state index in [4.69, 9.17) is 4.74 Å². The van der Waals surface area contributed by atoms with Crippen molar-refractivity contribution in [1.29, 1.82) is 0 Å². The van der Waals surface area contributed by atoms with E-state index in [1.54, 1.807) is 7.11 Å². The molecule has 1 aliphatic rings. The molecular formula is C16H23NO2. The Morgan fingerprint density at radius 1 is 1.37 bits per heavy atom. The summed E-state index contributed by atoms with van der Waals surface area (Å²) >= 11 is 0. The monoisotopic (exact) mass is 261 g/mol. The molecule has 1 aliphatic heterocycles. The fourth-order valence-corrected chi connectivity index (χ4v) is 2.50. The van der Waals surface area contributed by atoms with E-state index in [1.807, 2.05) is 13.8 Å². The number of aryl methyl sites for hydroxylation is 1. The van der Waals surface area contributed by atoms with Gasteiger partial charge in [-0.2, -0.15) is 0 Å². The SMILES string of the molecule is COC(C)(C)C(=O)CCN1CCCc2ccccc21. The lowest BCUT2D eigenvalue weighted by molar-refractivity contribution is -0.136. The van der Waals surface area contributed by atoms with Crippen LogP contribution in [0.2, 0.25) is 0 Å². The third-order valence-corrected chi connectivity index (χ3v) is 4.00. The molecule has 104 valence electrons. The van der Waals surface area contributed by atoms with Gasteiger partial charge in [0.2, 0.25) is 0 Å². The molecule has 0 N–H and O–H groups in total. The van der Waals surface area contributed by atoms with Crippen molar-refractivity contribution in [3.63, 3.8) is 0 Å². The van der Waals surface area contributed by atoms with Crippen molar-refractivity contribution in [2.75, 3.05) is 25.1 Å². The van der Waals surface area contributed by atoms with E-state index in [2.05, 4.69) is 29.2 Å². The highest BCUT2D eigenvalue weighted by atomic mass is 16.5. The van der Waals surface area contributed by atoms with Gasteiger partial charge in [-0.25, -0.2) is 0 Å². The van der Waals surface area contributed by atoms with Crippen LogP contribution in [0.5, 0.6) is 0 Å².